The summed E-state index contributed by atoms with van der Waals surface area (Å²) in [4.78, 5) is 4.68. The van der Waals surface area contributed by atoms with Crippen LogP contribution in [0.3, 0.4) is 0 Å². The Bertz CT molecular complexity index is 859. The van der Waals surface area contributed by atoms with Crippen LogP contribution in [0.2, 0.25) is 0 Å². The number of hydrogen-bond donors (Lipinski definition) is 0. The lowest BCUT2D eigenvalue weighted by atomic mass is 10.2. The zero-order chi connectivity index (χ0) is 16.9. The zero-order valence-electron chi connectivity index (χ0n) is 14.1. The van der Waals surface area contributed by atoms with Crippen LogP contribution in [-0.2, 0) is 19.6 Å². The summed E-state index contributed by atoms with van der Waals surface area (Å²) >= 11 is 0. The fourth-order valence-electron chi connectivity index (χ4n) is 2.72. The maximum atomic E-state index is 9.14. The van der Waals surface area contributed by atoms with Crippen molar-refractivity contribution in [2.24, 2.45) is 5.92 Å². The summed E-state index contributed by atoms with van der Waals surface area (Å²) in [5.41, 5.74) is 3.26. The Morgan fingerprint density at radius 1 is 1.17 bits per heavy atom. The quantitative estimate of drug-likeness (QED) is 0.679. The molecule has 1 unspecified atom stereocenters. The van der Waals surface area contributed by atoms with Crippen LogP contribution in [0.15, 0.2) is 48.5 Å². The highest BCUT2D eigenvalue weighted by atomic mass is 16.5. The van der Waals surface area contributed by atoms with E-state index in [0.29, 0.717) is 13.2 Å². The number of rotatable bonds is 6. The molecule has 1 heterocycles. The highest BCUT2D eigenvalue weighted by molar-refractivity contribution is 5.75. The van der Waals surface area contributed by atoms with Gasteiger partial charge < -0.3 is 9.30 Å². The smallest absolute Gasteiger partial charge is 0.148 e. The number of imidazole rings is 1. The van der Waals surface area contributed by atoms with E-state index in [2.05, 4.69) is 34.7 Å². The van der Waals surface area contributed by atoms with E-state index in [9.17, 15) is 0 Å². The van der Waals surface area contributed by atoms with Crippen molar-refractivity contribution in [3.8, 4) is 11.8 Å². The van der Waals surface area contributed by atoms with Crippen LogP contribution in [0.5, 0.6) is 5.75 Å². The fourth-order valence-corrected chi connectivity index (χ4v) is 2.72. The number of hydrogen-bond acceptors (Lipinski definition) is 3. The zero-order valence-corrected chi connectivity index (χ0v) is 14.1. The average molecular weight is 319 g/mol. The van der Waals surface area contributed by atoms with Crippen LogP contribution in [0.4, 0.5) is 0 Å². The van der Waals surface area contributed by atoms with Gasteiger partial charge in [0.2, 0.25) is 0 Å². The van der Waals surface area contributed by atoms with Gasteiger partial charge in [-0.25, -0.2) is 4.98 Å². The van der Waals surface area contributed by atoms with Crippen LogP contribution in [0.1, 0.15) is 25.2 Å². The molecule has 0 amide bonds. The molecule has 4 nitrogen and oxygen atoms in total. The molecule has 4 heteroatoms. The molecule has 24 heavy (non-hydrogen) atoms. The third-order valence-electron chi connectivity index (χ3n) is 4.11. The number of benzene rings is 2. The molecule has 0 spiro atoms. The van der Waals surface area contributed by atoms with E-state index >= 15 is 0 Å². The lowest BCUT2D eigenvalue weighted by Crippen LogP contribution is -2.11. The second-order valence-corrected chi connectivity index (χ2v) is 5.94. The minimum atomic E-state index is -0.0785. The van der Waals surface area contributed by atoms with Gasteiger partial charge in [0.1, 0.15) is 18.2 Å². The van der Waals surface area contributed by atoms with E-state index in [1.54, 1.807) is 0 Å². The number of ether oxygens (including phenoxy) is 1. The summed E-state index contributed by atoms with van der Waals surface area (Å²) in [5, 5.41) is 9.14. The SMILES string of the molecule is CCc1ccc(OCc2nc3ccccc3n2CC(C)C#N)cc1. The second kappa shape index (κ2) is 7.18. The summed E-state index contributed by atoms with van der Waals surface area (Å²) in [7, 11) is 0. The maximum Gasteiger partial charge on any atom is 0.148 e. The molecule has 1 aromatic heterocycles. The van der Waals surface area contributed by atoms with E-state index in [4.69, 9.17) is 10.00 Å². The van der Waals surface area contributed by atoms with E-state index in [0.717, 1.165) is 29.0 Å². The minimum absolute atomic E-state index is 0.0785. The number of aromatic nitrogens is 2. The van der Waals surface area contributed by atoms with Gasteiger partial charge in [-0.2, -0.15) is 5.26 Å². The van der Waals surface area contributed by atoms with Gasteiger partial charge >= 0.3 is 0 Å². The number of para-hydroxylation sites is 2. The summed E-state index contributed by atoms with van der Waals surface area (Å²) in [6, 6.07) is 18.4. The van der Waals surface area contributed by atoms with E-state index < -0.39 is 0 Å². The van der Waals surface area contributed by atoms with Crippen molar-refractivity contribution in [1.82, 2.24) is 9.55 Å². The largest absolute Gasteiger partial charge is 0.486 e. The highest BCUT2D eigenvalue weighted by Crippen LogP contribution is 2.20. The summed E-state index contributed by atoms with van der Waals surface area (Å²) < 4.78 is 8.00. The Balaban J connectivity index is 1.84. The van der Waals surface area contributed by atoms with Gasteiger partial charge in [0.05, 0.1) is 23.0 Å². The predicted octanol–water partition coefficient (Wildman–Crippen LogP) is 4.34. The Labute approximate surface area is 142 Å². The molecule has 1 atom stereocenters. The minimum Gasteiger partial charge on any atom is -0.486 e. The molecule has 0 aliphatic carbocycles. The fraction of sp³-hybridized carbons (Fsp3) is 0.300. The molecular formula is C20H21N3O. The summed E-state index contributed by atoms with van der Waals surface area (Å²) in [5.74, 6) is 1.60. The van der Waals surface area contributed by atoms with Gasteiger partial charge in [-0.15, -0.1) is 0 Å². The molecule has 0 saturated carbocycles. The van der Waals surface area contributed by atoms with E-state index in [-0.39, 0.29) is 5.92 Å². The molecule has 0 fully saturated rings. The molecule has 3 aromatic rings. The van der Waals surface area contributed by atoms with Crippen molar-refractivity contribution < 1.29 is 4.74 Å². The lowest BCUT2D eigenvalue weighted by molar-refractivity contribution is 0.288. The molecule has 0 N–H and O–H groups in total. The van der Waals surface area contributed by atoms with Crippen LogP contribution in [-0.4, -0.2) is 9.55 Å². The topological polar surface area (TPSA) is 50.8 Å². The first-order valence-corrected chi connectivity index (χ1v) is 8.26. The van der Waals surface area contributed by atoms with Gasteiger partial charge in [0.25, 0.3) is 0 Å². The number of nitrogens with zero attached hydrogens (tertiary/aromatic N) is 3. The van der Waals surface area contributed by atoms with Crippen LogP contribution < -0.4 is 4.74 Å². The average Bonchev–Trinajstić information content (AvgIpc) is 2.98. The van der Waals surface area contributed by atoms with Crippen LogP contribution in [0.25, 0.3) is 11.0 Å². The lowest BCUT2D eigenvalue weighted by Gasteiger charge is -2.11. The molecule has 0 saturated heterocycles. The van der Waals surface area contributed by atoms with E-state index in [1.807, 2.05) is 43.3 Å². The molecule has 0 aliphatic heterocycles. The van der Waals surface area contributed by atoms with Crippen molar-refractivity contribution in [1.29, 1.82) is 5.26 Å². The van der Waals surface area contributed by atoms with Gasteiger partial charge in [-0.1, -0.05) is 31.2 Å². The van der Waals surface area contributed by atoms with Crippen molar-refractivity contribution in [2.75, 3.05) is 0 Å². The standard InChI is InChI=1S/C20H21N3O/c1-3-16-8-10-17(11-9-16)24-14-20-22-18-6-4-5-7-19(18)23(20)13-15(2)12-21/h4-11,15H,3,13-14H2,1-2H3. The van der Waals surface area contributed by atoms with Crippen LogP contribution in [0, 0.1) is 17.2 Å². The molecule has 2 aromatic carbocycles. The molecular weight excluding hydrogens is 298 g/mol. The third kappa shape index (κ3) is 3.41. The van der Waals surface area contributed by atoms with Crippen molar-refractivity contribution in [2.45, 2.75) is 33.4 Å². The van der Waals surface area contributed by atoms with Crippen molar-refractivity contribution in [3.05, 3.63) is 59.9 Å². The Morgan fingerprint density at radius 3 is 2.62 bits per heavy atom. The number of nitriles is 1. The number of aryl methyl sites for hydroxylation is 1. The maximum absolute atomic E-state index is 9.14. The van der Waals surface area contributed by atoms with Gasteiger partial charge in [-0.05, 0) is 43.2 Å². The van der Waals surface area contributed by atoms with Gasteiger partial charge in [-0.3, -0.25) is 0 Å². The molecule has 0 radical (unpaired) electrons. The van der Waals surface area contributed by atoms with Crippen molar-refractivity contribution in [3.63, 3.8) is 0 Å². The second-order valence-electron chi connectivity index (χ2n) is 5.94. The molecule has 0 bridgehead atoms. The van der Waals surface area contributed by atoms with Crippen molar-refractivity contribution >= 4 is 11.0 Å². The number of fused-ring (bicyclic) bond motifs is 1. The predicted molar refractivity (Wildman–Crippen MR) is 94.7 cm³/mol. The molecule has 0 aliphatic rings. The Hall–Kier alpha value is -2.80. The first kappa shape index (κ1) is 16.1. The molecule has 3 rings (SSSR count). The summed E-state index contributed by atoms with van der Waals surface area (Å²) in [6.07, 6.45) is 1.02. The first-order valence-electron chi connectivity index (χ1n) is 8.26. The van der Waals surface area contributed by atoms with E-state index in [1.165, 1.54) is 5.56 Å². The Morgan fingerprint density at radius 2 is 1.92 bits per heavy atom. The highest BCUT2D eigenvalue weighted by Gasteiger charge is 2.13. The molecule has 122 valence electrons. The normalized spacial score (nSPS) is 12.0. The third-order valence-corrected chi connectivity index (χ3v) is 4.11. The van der Waals surface area contributed by atoms with Gasteiger partial charge in [0.15, 0.2) is 0 Å². The monoisotopic (exact) mass is 319 g/mol. The summed E-state index contributed by atoms with van der Waals surface area (Å²) in [6.45, 7) is 5.06. The first-order chi connectivity index (χ1) is 11.7. The van der Waals surface area contributed by atoms with Crippen LogP contribution >= 0.6 is 0 Å². The van der Waals surface area contributed by atoms with Gasteiger partial charge in [0, 0.05) is 6.54 Å². The Kier molecular flexibility index (Phi) is 4.81.